The predicted octanol–water partition coefficient (Wildman–Crippen LogP) is 4.68. The minimum absolute atomic E-state index is 0.00261. The minimum atomic E-state index is -0.438. The van der Waals surface area contributed by atoms with Crippen LogP contribution in [0.25, 0.3) is 22.1 Å². The van der Waals surface area contributed by atoms with E-state index in [0.717, 1.165) is 22.2 Å². The molecule has 0 spiro atoms. The maximum Gasteiger partial charge on any atom is 0.274 e. The van der Waals surface area contributed by atoms with Gasteiger partial charge in [0.05, 0.1) is 27.6 Å². The number of hydrogen-bond acceptors (Lipinski definition) is 7. The third-order valence-electron chi connectivity index (χ3n) is 5.69. The number of non-ortho nitro benzene ring substituents is 1. The number of methoxy groups -OCH3 is 1. The Bertz CT molecular complexity index is 1740. The van der Waals surface area contributed by atoms with Crippen LogP contribution < -0.4 is 19.6 Å². The SMILES string of the molecule is C=CCc1cc(/C=c2\sc3nc4ccccc4n3c2=O)cc(OC)c1OCc1cccc([N+](=O)[O-])c1. The lowest BCUT2D eigenvalue weighted by Crippen LogP contribution is -2.22. The Hall–Kier alpha value is -4.50. The van der Waals surface area contributed by atoms with E-state index in [1.165, 1.54) is 23.5 Å². The fourth-order valence-electron chi connectivity index (χ4n) is 4.07. The lowest BCUT2D eigenvalue weighted by Gasteiger charge is -2.16. The summed E-state index contributed by atoms with van der Waals surface area (Å²) in [5, 5.41) is 11.1. The molecular formula is C27H21N3O5S. The van der Waals surface area contributed by atoms with Crippen molar-refractivity contribution in [3.63, 3.8) is 0 Å². The smallest absolute Gasteiger partial charge is 0.274 e. The highest BCUT2D eigenvalue weighted by Crippen LogP contribution is 2.34. The monoisotopic (exact) mass is 499 g/mol. The van der Waals surface area contributed by atoms with Crippen molar-refractivity contribution in [3.05, 3.63) is 115 Å². The molecule has 2 heterocycles. The summed E-state index contributed by atoms with van der Waals surface area (Å²) in [4.78, 5) is 29.0. The number of allylic oxidation sites excluding steroid dienone is 1. The van der Waals surface area contributed by atoms with E-state index in [9.17, 15) is 14.9 Å². The molecule has 0 saturated carbocycles. The third-order valence-corrected chi connectivity index (χ3v) is 6.65. The highest BCUT2D eigenvalue weighted by Gasteiger charge is 2.15. The van der Waals surface area contributed by atoms with Gasteiger partial charge in [0.1, 0.15) is 6.61 Å². The van der Waals surface area contributed by atoms with Crippen molar-refractivity contribution in [1.29, 1.82) is 0 Å². The van der Waals surface area contributed by atoms with Crippen molar-refractivity contribution >= 4 is 39.1 Å². The second kappa shape index (κ2) is 9.63. The number of rotatable bonds is 8. The topological polar surface area (TPSA) is 96.0 Å². The standard InChI is InChI=1S/C27H21N3O5S/c1-3-7-19-12-18(15-24-26(31)29-22-11-5-4-10-21(22)28-27(29)36-24)14-23(34-2)25(19)35-16-17-8-6-9-20(13-17)30(32)33/h3-6,8-15H,1,7,16H2,2H3/b24-15-. The summed E-state index contributed by atoms with van der Waals surface area (Å²) in [6.07, 6.45) is 4.07. The zero-order chi connectivity index (χ0) is 25.2. The Labute approximate surface area is 209 Å². The number of thiazole rings is 1. The van der Waals surface area contributed by atoms with Crippen LogP contribution in [0.2, 0.25) is 0 Å². The first-order valence-corrected chi connectivity index (χ1v) is 11.9. The zero-order valence-electron chi connectivity index (χ0n) is 19.3. The first-order chi connectivity index (χ1) is 17.5. The molecule has 0 aliphatic rings. The summed E-state index contributed by atoms with van der Waals surface area (Å²) in [5.41, 5.74) is 3.70. The van der Waals surface area contributed by atoms with Gasteiger partial charge in [-0.05, 0) is 47.9 Å². The average Bonchev–Trinajstić information content (AvgIpc) is 3.39. The van der Waals surface area contributed by atoms with Crippen LogP contribution in [0.3, 0.4) is 0 Å². The van der Waals surface area contributed by atoms with Crippen LogP contribution in [0.5, 0.6) is 11.5 Å². The van der Waals surface area contributed by atoms with Crippen LogP contribution in [0.1, 0.15) is 16.7 Å². The van der Waals surface area contributed by atoms with Crippen molar-refractivity contribution in [1.82, 2.24) is 9.38 Å². The van der Waals surface area contributed by atoms with E-state index >= 15 is 0 Å². The van der Waals surface area contributed by atoms with Crippen LogP contribution in [-0.4, -0.2) is 21.4 Å². The summed E-state index contributed by atoms with van der Waals surface area (Å²) in [7, 11) is 1.54. The largest absolute Gasteiger partial charge is 0.493 e. The highest BCUT2D eigenvalue weighted by molar-refractivity contribution is 7.15. The molecule has 0 fully saturated rings. The van der Waals surface area contributed by atoms with Crippen molar-refractivity contribution in [2.45, 2.75) is 13.0 Å². The number of nitro groups is 1. The van der Waals surface area contributed by atoms with Gasteiger partial charge in [0.15, 0.2) is 16.5 Å². The Morgan fingerprint density at radius 1 is 1.17 bits per heavy atom. The molecule has 8 nitrogen and oxygen atoms in total. The number of benzene rings is 3. The lowest BCUT2D eigenvalue weighted by molar-refractivity contribution is -0.384. The number of aromatic nitrogens is 2. The molecule has 0 saturated heterocycles. The second-order valence-corrected chi connectivity index (χ2v) is 9.06. The van der Waals surface area contributed by atoms with E-state index in [2.05, 4.69) is 11.6 Å². The van der Waals surface area contributed by atoms with Gasteiger partial charge >= 0.3 is 0 Å². The van der Waals surface area contributed by atoms with E-state index in [0.29, 0.717) is 33.0 Å². The molecule has 0 N–H and O–H groups in total. The van der Waals surface area contributed by atoms with Crippen molar-refractivity contribution in [2.75, 3.05) is 7.11 Å². The molecule has 0 aliphatic carbocycles. The number of hydrogen-bond donors (Lipinski definition) is 0. The van der Waals surface area contributed by atoms with Crippen LogP contribution >= 0.6 is 11.3 Å². The van der Waals surface area contributed by atoms with E-state index in [1.807, 2.05) is 36.4 Å². The van der Waals surface area contributed by atoms with Gasteiger partial charge < -0.3 is 9.47 Å². The van der Waals surface area contributed by atoms with Gasteiger partial charge in [0.2, 0.25) is 0 Å². The first kappa shape index (κ1) is 23.3. The molecular weight excluding hydrogens is 478 g/mol. The Morgan fingerprint density at radius 3 is 2.78 bits per heavy atom. The van der Waals surface area contributed by atoms with E-state index in [-0.39, 0.29) is 17.9 Å². The zero-order valence-corrected chi connectivity index (χ0v) is 20.2. The molecule has 0 unspecified atom stereocenters. The molecule has 2 aromatic heterocycles. The molecule has 5 rings (SSSR count). The number of imidazole rings is 1. The molecule has 0 bridgehead atoms. The van der Waals surface area contributed by atoms with Crippen molar-refractivity contribution < 1.29 is 14.4 Å². The molecule has 5 aromatic rings. The normalized spacial score (nSPS) is 11.8. The Balaban J connectivity index is 1.54. The molecule has 0 atom stereocenters. The van der Waals surface area contributed by atoms with E-state index in [4.69, 9.17) is 9.47 Å². The number of nitrogens with zero attached hydrogens (tertiary/aromatic N) is 3. The second-order valence-electron chi connectivity index (χ2n) is 8.05. The molecule has 0 radical (unpaired) electrons. The molecule has 0 amide bonds. The van der Waals surface area contributed by atoms with Crippen molar-refractivity contribution in [2.24, 2.45) is 0 Å². The summed E-state index contributed by atoms with van der Waals surface area (Å²) in [6, 6.07) is 17.6. The van der Waals surface area contributed by atoms with E-state index in [1.54, 1.807) is 35.8 Å². The van der Waals surface area contributed by atoms with Crippen LogP contribution in [-0.2, 0) is 13.0 Å². The molecule has 36 heavy (non-hydrogen) atoms. The van der Waals surface area contributed by atoms with Crippen LogP contribution in [0, 0.1) is 10.1 Å². The molecule has 3 aromatic carbocycles. The minimum Gasteiger partial charge on any atom is -0.493 e. The number of nitro benzene ring substituents is 1. The summed E-state index contributed by atoms with van der Waals surface area (Å²) >= 11 is 1.33. The predicted molar refractivity (Wildman–Crippen MR) is 140 cm³/mol. The van der Waals surface area contributed by atoms with E-state index < -0.39 is 4.92 Å². The third kappa shape index (κ3) is 4.32. The fraction of sp³-hybridized carbons (Fsp3) is 0.111. The van der Waals surface area contributed by atoms with Gasteiger partial charge in [0, 0.05) is 17.7 Å². The molecule has 0 aliphatic heterocycles. The lowest BCUT2D eigenvalue weighted by atomic mass is 10.1. The van der Waals surface area contributed by atoms with Gasteiger partial charge in [-0.1, -0.05) is 41.7 Å². The highest BCUT2D eigenvalue weighted by atomic mass is 32.1. The fourth-order valence-corrected chi connectivity index (χ4v) is 5.06. The summed E-state index contributed by atoms with van der Waals surface area (Å²) < 4.78 is 13.9. The van der Waals surface area contributed by atoms with Crippen LogP contribution in [0.4, 0.5) is 5.69 Å². The van der Waals surface area contributed by atoms with Gasteiger partial charge in [-0.3, -0.25) is 14.9 Å². The average molecular weight is 500 g/mol. The number of ether oxygens (including phenoxy) is 2. The maximum atomic E-state index is 13.2. The Morgan fingerprint density at radius 2 is 2.00 bits per heavy atom. The first-order valence-electron chi connectivity index (χ1n) is 11.1. The summed E-state index contributed by atoms with van der Waals surface area (Å²) in [5.74, 6) is 1.01. The van der Waals surface area contributed by atoms with Crippen LogP contribution in [0.15, 0.2) is 78.1 Å². The molecule has 180 valence electrons. The van der Waals surface area contributed by atoms with Gasteiger partial charge in [-0.15, -0.1) is 6.58 Å². The van der Waals surface area contributed by atoms with Gasteiger partial charge in [0.25, 0.3) is 11.2 Å². The van der Waals surface area contributed by atoms with Crippen molar-refractivity contribution in [3.8, 4) is 11.5 Å². The van der Waals surface area contributed by atoms with Gasteiger partial charge in [-0.2, -0.15) is 0 Å². The Kier molecular flexibility index (Phi) is 6.22. The molecule has 9 heteroatoms. The maximum absolute atomic E-state index is 13.2. The quantitative estimate of drug-likeness (QED) is 0.175. The number of fused-ring (bicyclic) bond motifs is 3. The van der Waals surface area contributed by atoms with Gasteiger partial charge in [-0.25, -0.2) is 9.38 Å². The summed E-state index contributed by atoms with van der Waals surface area (Å²) in [6.45, 7) is 3.97. The number of para-hydroxylation sites is 2.